The van der Waals surface area contributed by atoms with Crippen molar-refractivity contribution in [3.05, 3.63) is 53.1 Å². The standard InChI is InChI=1S/C23H26F3NO4/c1-29-18-11-15(12-19(30-2)20(18)31-3)14-27-21(28)22(9-4-5-10-22)16-7-6-8-17(13-16)23(24,25)26/h6-8,11-13H,4-5,9-10,14H2,1-3H3,(H,27,28). The van der Waals surface area contributed by atoms with E-state index in [9.17, 15) is 18.0 Å². The molecule has 1 saturated carbocycles. The lowest BCUT2D eigenvalue weighted by Gasteiger charge is -2.29. The molecule has 0 atom stereocenters. The van der Waals surface area contributed by atoms with E-state index in [0.29, 0.717) is 35.7 Å². The van der Waals surface area contributed by atoms with Crippen LogP contribution in [0.3, 0.4) is 0 Å². The van der Waals surface area contributed by atoms with Crippen LogP contribution in [0, 0.1) is 0 Å². The van der Waals surface area contributed by atoms with Crippen molar-refractivity contribution in [2.24, 2.45) is 0 Å². The van der Waals surface area contributed by atoms with Gasteiger partial charge in [-0.1, -0.05) is 31.0 Å². The Morgan fingerprint density at radius 3 is 2.13 bits per heavy atom. The highest BCUT2D eigenvalue weighted by Crippen LogP contribution is 2.43. The van der Waals surface area contributed by atoms with Crippen molar-refractivity contribution in [1.82, 2.24) is 5.32 Å². The number of halogens is 3. The Balaban J connectivity index is 1.86. The number of amides is 1. The normalized spacial score (nSPS) is 15.4. The molecular weight excluding hydrogens is 411 g/mol. The molecule has 0 saturated heterocycles. The minimum absolute atomic E-state index is 0.177. The van der Waals surface area contributed by atoms with Crippen molar-refractivity contribution in [2.45, 2.75) is 43.8 Å². The zero-order valence-electron chi connectivity index (χ0n) is 17.8. The maximum Gasteiger partial charge on any atom is 0.416 e. The molecule has 1 N–H and O–H groups in total. The molecule has 3 rings (SSSR count). The summed E-state index contributed by atoms with van der Waals surface area (Å²) in [5, 5.41) is 2.91. The Kier molecular flexibility index (Phi) is 6.67. The molecule has 31 heavy (non-hydrogen) atoms. The second-order valence-corrected chi connectivity index (χ2v) is 7.58. The van der Waals surface area contributed by atoms with Crippen LogP contribution in [-0.4, -0.2) is 27.2 Å². The fraction of sp³-hybridized carbons (Fsp3) is 0.435. The van der Waals surface area contributed by atoms with Crippen LogP contribution in [0.1, 0.15) is 42.4 Å². The van der Waals surface area contributed by atoms with E-state index in [1.807, 2.05) is 0 Å². The van der Waals surface area contributed by atoms with Crippen LogP contribution in [0.25, 0.3) is 0 Å². The van der Waals surface area contributed by atoms with Gasteiger partial charge < -0.3 is 19.5 Å². The lowest BCUT2D eigenvalue weighted by Crippen LogP contribution is -2.42. The van der Waals surface area contributed by atoms with Gasteiger partial charge in [-0.25, -0.2) is 0 Å². The van der Waals surface area contributed by atoms with Gasteiger partial charge in [-0.15, -0.1) is 0 Å². The second kappa shape index (κ2) is 9.08. The van der Waals surface area contributed by atoms with E-state index in [0.717, 1.165) is 30.5 Å². The maximum absolute atomic E-state index is 13.3. The Labute approximate surface area is 179 Å². The highest BCUT2D eigenvalue weighted by atomic mass is 19.4. The Morgan fingerprint density at radius 2 is 1.61 bits per heavy atom. The van der Waals surface area contributed by atoms with E-state index < -0.39 is 17.2 Å². The summed E-state index contributed by atoms with van der Waals surface area (Å²) in [6, 6.07) is 8.56. The van der Waals surface area contributed by atoms with Crippen molar-refractivity contribution >= 4 is 5.91 Å². The van der Waals surface area contributed by atoms with Crippen molar-refractivity contribution < 1.29 is 32.2 Å². The van der Waals surface area contributed by atoms with E-state index in [1.54, 1.807) is 18.2 Å². The largest absolute Gasteiger partial charge is 0.493 e. The van der Waals surface area contributed by atoms with Gasteiger partial charge in [0.25, 0.3) is 0 Å². The Bertz CT molecular complexity index is 912. The summed E-state index contributed by atoms with van der Waals surface area (Å²) < 4.78 is 55.6. The SMILES string of the molecule is COc1cc(CNC(=O)C2(c3cccc(C(F)(F)F)c3)CCCC2)cc(OC)c1OC. The molecule has 168 valence electrons. The first kappa shape index (κ1) is 22.8. The van der Waals surface area contributed by atoms with Gasteiger partial charge in [-0.3, -0.25) is 4.79 Å². The van der Waals surface area contributed by atoms with E-state index in [2.05, 4.69) is 5.32 Å². The van der Waals surface area contributed by atoms with Gasteiger partial charge in [0.05, 0.1) is 32.3 Å². The number of carbonyl (C=O) groups is 1. The van der Waals surface area contributed by atoms with Crippen LogP contribution < -0.4 is 19.5 Å². The predicted octanol–water partition coefficient (Wildman–Crippen LogP) is 4.86. The third-order valence-corrected chi connectivity index (χ3v) is 5.81. The number of methoxy groups -OCH3 is 3. The van der Waals surface area contributed by atoms with E-state index in [-0.39, 0.29) is 12.5 Å². The molecule has 1 amide bonds. The molecule has 0 aliphatic heterocycles. The predicted molar refractivity (Wildman–Crippen MR) is 110 cm³/mol. The molecule has 0 aromatic heterocycles. The number of nitrogens with one attached hydrogen (secondary N) is 1. The number of ether oxygens (including phenoxy) is 3. The number of rotatable bonds is 7. The van der Waals surface area contributed by atoms with Crippen molar-refractivity contribution in [1.29, 1.82) is 0 Å². The van der Waals surface area contributed by atoms with Crippen molar-refractivity contribution in [3.63, 3.8) is 0 Å². The van der Waals surface area contributed by atoms with Gasteiger partial charge in [0.15, 0.2) is 11.5 Å². The summed E-state index contributed by atoms with van der Waals surface area (Å²) in [4.78, 5) is 13.3. The lowest BCUT2D eigenvalue weighted by atomic mass is 9.77. The zero-order chi connectivity index (χ0) is 22.6. The molecule has 0 radical (unpaired) electrons. The van der Waals surface area contributed by atoms with Crippen LogP contribution in [0.4, 0.5) is 13.2 Å². The summed E-state index contributed by atoms with van der Waals surface area (Å²) in [7, 11) is 4.50. The Morgan fingerprint density at radius 1 is 1.00 bits per heavy atom. The van der Waals surface area contributed by atoms with E-state index in [1.165, 1.54) is 27.4 Å². The fourth-order valence-corrected chi connectivity index (χ4v) is 4.21. The quantitative estimate of drug-likeness (QED) is 0.672. The van der Waals surface area contributed by atoms with E-state index in [4.69, 9.17) is 14.2 Å². The number of hydrogen-bond donors (Lipinski definition) is 1. The van der Waals surface area contributed by atoms with E-state index >= 15 is 0 Å². The van der Waals surface area contributed by atoms with Crippen LogP contribution in [0.2, 0.25) is 0 Å². The molecule has 1 aliphatic carbocycles. The third-order valence-electron chi connectivity index (χ3n) is 5.81. The van der Waals surface area contributed by atoms with Gasteiger partial charge in [0, 0.05) is 6.54 Å². The topological polar surface area (TPSA) is 56.8 Å². The molecule has 0 unspecified atom stereocenters. The summed E-state index contributed by atoms with van der Waals surface area (Å²) in [6.45, 7) is 0.177. The molecule has 1 fully saturated rings. The lowest BCUT2D eigenvalue weighted by molar-refractivity contribution is -0.138. The van der Waals surface area contributed by atoms with Crippen molar-refractivity contribution in [2.75, 3.05) is 21.3 Å². The van der Waals surface area contributed by atoms with Gasteiger partial charge >= 0.3 is 6.18 Å². The van der Waals surface area contributed by atoms with Crippen molar-refractivity contribution in [3.8, 4) is 17.2 Å². The molecule has 5 nitrogen and oxygen atoms in total. The minimum atomic E-state index is -4.46. The Hall–Kier alpha value is -2.90. The maximum atomic E-state index is 13.3. The van der Waals surface area contributed by atoms with Gasteiger partial charge in [0.1, 0.15) is 0 Å². The number of benzene rings is 2. The number of alkyl halides is 3. The number of hydrogen-bond acceptors (Lipinski definition) is 4. The van der Waals surface area contributed by atoms with Crippen LogP contribution in [0.5, 0.6) is 17.2 Å². The smallest absolute Gasteiger partial charge is 0.416 e. The average Bonchev–Trinajstić information content (AvgIpc) is 3.27. The molecule has 0 spiro atoms. The van der Waals surface area contributed by atoms with Crippen LogP contribution in [0.15, 0.2) is 36.4 Å². The first-order valence-electron chi connectivity index (χ1n) is 10.00. The summed E-state index contributed by atoms with van der Waals surface area (Å²) >= 11 is 0. The monoisotopic (exact) mass is 437 g/mol. The van der Waals surface area contributed by atoms with Crippen LogP contribution in [-0.2, 0) is 22.9 Å². The molecule has 0 heterocycles. The highest BCUT2D eigenvalue weighted by Gasteiger charge is 2.43. The highest BCUT2D eigenvalue weighted by molar-refractivity contribution is 5.88. The van der Waals surface area contributed by atoms with Crippen LogP contribution >= 0.6 is 0 Å². The summed E-state index contributed by atoms with van der Waals surface area (Å²) in [5.74, 6) is 1.08. The first-order chi connectivity index (χ1) is 14.7. The third kappa shape index (κ3) is 4.57. The molecule has 1 aliphatic rings. The average molecular weight is 437 g/mol. The molecule has 2 aromatic carbocycles. The molecular formula is C23H26F3NO4. The van der Waals surface area contributed by atoms with Gasteiger partial charge in [-0.2, -0.15) is 13.2 Å². The summed E-state index contributed by atoms with van der Waals surface area (Å²) in [5.41, 5.74) is -0.585. The molecule has 0 bridgehead atoms. The zero-order valence-corrected chi connectivity index (χ0v) is 17.8. The van der Waals surface area contributed by atoms with Gasteiger partial charge in [0.2, 0.25) is 11.7 Å². The number of carbonyl (C=O) groups excluding carboxylic acids is 1. The molecule has 8 heteroatoms. The summed E-state index contributed by atoms with van der Waals surface area (Å²) in [6.07, 6.45) is -1.87. The first-order valence-corrected chi connectivity index (χ1v) is 10.00. The van der Waals surface area contributed by atoms with Gasteiger partial charge in [-0.05, 0) is 42.2 Å². The fourth-order valence-electron chi connectivity index (χ4n) is 4.21. The molecule has 2 aromatic rings. The second-order valence-electron chi connectivity index (χ2n) is 7.58. The minimum Gasteiger partial charge on any atom is -0.493 e.